The minimum absolute atomic E-state index is 0.0466. The van der Waals surface area contributed by atoms with Crippen molar-refractivity contribution >= 4 is 23.1 Å². The molecule has 0 unspecified atom stereocenters. The number of para-hydroxylation sites is 2. The molecule has 2 heterocycles. The van der Waals surface area contributed by atoms with Crippen LogP contribution in [0.25, 0.3) is 11.0 Å². The molecular formula is C23H31N3O5. The molecule has 1 amide bonds. The number of hydrogen-bond acceptors (Lipinski definition) is 6. The molecule has 0 bridgehead atoms. The lowest BCUT2D eigenvalue weighted by atomic mass is 10.1. The standard InChI is InChI=1S/C23H31N3O5/c1-6-30-21(28)19-20(27)26(18-12-8-7-11-17(18)24-19)15(2)14-16-10-9-13-25(16)22(29)31-23(3,4)5/h7-8,11-12,15-16H,6,9-10,13-14H2,1-5H3/t15-,16-/m0/s1. The van der Waals surface area contributed by atoms with E-state index in [4.69, 9.17) is 9.47 Å². The maximum absolute atomic E-state index is 13.2. The molecule has 1 aromatic carbocycles. The van der Waals surface area contributed by atoms with Crippen molar-refractivity contribution in [2.45, 2.75) is 71.6 Å². The topological polar surface area (TPSA) is 90.7 Å². The molecule has 8 heteroatoms. The predicted molar refractivity (Wildman–Crippen MR) is 117 cm³/mol. The Hall–Kier alpha value is -2.90. The summed E-state index contributed by atoms with van der Waals surface area (Å²) in [6.45, 7) is 9.94. The van der Waals surface area contributed by atoms with Crippen molar-refractivity contribution in [3.63, 3.8) is 0 Å². The Labute approximate surface area is 182 Å². The van der Waals surface area contributed by atoms with Crippen molar-refractivity contribution in [2.24, 2.45) is 0 Å². The fourth-order valence-corrected chi connectivity index (χ4v) is 4.07. The second kappa shape index (κ2) is 9.08. The van der Waals surface area contributed by atoms with Crippen LogP contribution in [0.2, 0.25) is 0 Å². The van der Waals surface area contributed by atoms with E-state index in [-0.39, 0.29) is 30.5 Å². The maximum Gasteiger partial charge on any atom is 0.410 e. The summed E-state index contributed by atoms with van der Waals surface area (Å²) in [5, 5.41) is 0. The van der Waals surface area contributed by atoms with Gasteiger partial charge in [0.05, 0.1) is 17.6 Å². The lowest BCUT2D eigenvalue weighted by Crippen LogP contribution is -2.41. The normalized spacial score (nSPS) is 17.6. The first-order chi connectivity index (χ1) is 14.6. The minimum Gasteiger partial charge on any atom is -0.461 e. The van der Waals surface area contributed by atoms with Crippen molar-refractivity contribution in [3.05, 3.63) is 40.3 Å². The Balaban J connectivity index is 1.94. The SMILES string of the molecule is CCOC(=O)c1nc2ccccc2n([C@@H](C)C[C@@H]2CCCN2C(=O)OC(C)(C)C)c1=O. The Morgan fingerprint density at radius 3 is 2.65 bits per heavy atom. The van der Waals surface area contributed by atoms with E-state index in [1.54, 1.807) is 22.5 Å². The molecule has 1 aliphatic heterocycles. The zero-order chi connectivity index (χ0) is 22.8. The van der Waals surface area contributed by atoms with Crippen LogP contribution >= 0.6 is 0 Å². The van der Waals surface area contributed by atoms with E-state index in [0.717, 1.165) is 12.8 Å². The molecule has 2 aromatic rings. The van der Waals surface area contributed by atoms with Gasteiger partial charge in [0, 0.05) is 18.6 Å². The Morgan fingerprint density at radius 2 is 1.97 bits per heavy atom. The summed E-state index contributed by atoms with van der Waals surface area (Å²) < 4.78 is 12.2. The van der Waals surface area contributed by atoms with E-state index in [9.17, 15) is 14.4 Å². The zero-order valence-electron chi connectivity index (χ0n) is 18.9. The molecule has 3 rings (SSSR count). The highest BCUT2D eigenvalue weighted by Gasteiger charge is 2.34. The summed E-state index contributed by atoms with van der Waals surface area (Å²) in [5.74, 6) is -0.726. The van der Waals surface area contributed by atoms with E-state index >= 15 is 0 Å². The van der Waals surface area contributed by atoms with Crippen LogP contribution in [-0.4, -0.2) is 51.3 Å². The molecule has 0 radical (unpaired) electrons. The monoisotopic (exact) mass is 429 g/mol. The molecule has 1 saturated heterocycles. The van der Waals surface area contributed by atoms with Gasteiger partial charge in [-0.1, -0.05) is 12.1 Å². The molecule has 1 fully saturated rings. The Morgan fingerprint density at radius 1 is 1.26 bits per heavy atom. The largest absolute Gasteiger partial charge is 0.461 e. The van der Waals surface area contributed by atoms with Gasteiger partial charge in [-0.05, 0) is 66.0 Å². The van der Waals surface area contributed by atoms with Gasteiger partial charge >= 0.3 is 12.1 Å². The van der Waals surface area contributed by atoms with Crippen molar-refractivity contribution in [1.29, 1.82) is 0 Å². The first kappa shape index (κ1) is 22.8. The Bertz CT molecular complexity index is 1020. The third-order valence-corrected chi connectivity index (χ3v) is 5.32. The fourth-order valence-electron chi connectivity index (χ4n) is 4.07. The number of fused-ring (bicyclic) bond motifs is 1. The first-order valence-electron chi connectivity index (χ1n) is 10.8. The van der Waals surface area contributed by atoms with Gasteiger partial charge in [0.15, 0.2) is 0 Å². The summed E-state index contributed by atoms with van der Waals surface area (Å²) in [6.07, 6.45) is 1.96. The smallest absolute Gasteiger partial charge is 0.410 e. The van der Waals surface area contributed by atoms with Crippen LogP contribution in [0, 0.1) is 0 Å². The third kappa shape index (κ3) is 5.06. The molecule has 0 saturated carbocycles. The summed E-state index contributed by atoms with van der Waals surface area (Å²) >= 11 is 0. The van der Waals surface area contributed by atoms with Crippen LogP contribution in [-0.2, 0) is 9.47 Å². The molecule has 1 aliphatic rings. The minimum atomic E-state index is -0.726. The van der Waals surface area contributed by atoms with Crippen LogP contribution in [0.3, 0.4) is 0 Å². The summed E-state index contributed by atoms with van der Waals surface area (Å²) in [5.41, 5.74) is -0.0700. The molecule has 0 aliphatic carbocycles. The number of esters is 1. The number of nitrogens with zero attached hydrogens (tertiary/aromatic N) is 3. The van der Waals surface area contributed by atoms with Gasteiger partial charge in [-0.25, -0.2) is 14.6 Å². The van der Waals surface area contributed by atoms with Gasteiger partial charge < -0.3 is 18.9 Å². The number of benzene rings is 1. The number of carbonyl (C=O) groups is 2. The molecule has 1 aromatic heterocycles. The number of aromatic nitrogens is 2. The second-order valence-electron chi connectivity index (χ2n) is 8.90. The van der Waals surface area contributed by atoms with Crippen LogP contribution in [0.5, 0.6) is 0 Å². The van der Waals surface area contributed by atoms with Gasteiger partial charge in [0.1, 0.15) is 5.60 Å². The average Bonchev–Trinajstić information content (AvgIpc) is 3.14. The van der Waals surface area contributed by atoms with Gasteiger partial charge in [0.25, 0.3) is 5.56 Å². The number of carbonyl (C=O) groups excluding carboxylic acids is 2. The van der Waals surface area contributed by atoms with E-state index in [0.29, 0.717) is 24.0 Å². The molecule has 168 valence electrons. The summed E-state index contributed by atoms with van der Waals surface area (Å²) in [7, 11) is 0. The molecule has 0 N–H and O–H groups in total. The Kier molecular flexibility index (Phi) is 6.67. The van der Waals surface area contributed by atoms with Gasteiger partial charge in [-0.15, -0.1) is 0 Å². The van der Waals surface area contributed by atoms with Gasteiger partial charge in [-0.3, -0.25) is 4.79 Å². The molecule has 2 atom stereocenters. The van der Waals surface area contributed by atoms with E-state index in [1.165, 1.54) is 0 Å². The van der Waals surface area contributed by atoms with Crippen molar-refractivity contribution < 1.29 is 19.1 Å². The lowest BCUT2D eigenvalue weighted by Gasteiger charge is -2.30. The second-order valence-corrected chi connectivity index (χ2v) is 8.90. The summed E-state index contributed by atoms with van der Waals surface area (Å²) in [6, 6.07) is 6.92. The molecule has 0 spiro atoms. The molecule has 8 nitrogen and oxygen atoms in total. The molecule has 31 heavy (non-hydrogen) atoms. The number of ether oxygens (including phenoxy) is 2. The molecular weight excluding hydrogens is 398 g/mol. The van der Waals surface area contributed by atoms with E-state index in [1.807, 2.05) is 45.9 Å². The highest BCUT2D eigenvalue weighted by atomic mass is 16.6. The maximum atomic E-state index is 13.2. The number of rotatable bonds is 5. The average molecular weight is 430 g/mol. The van der Waals surface area contributed by atoms with Crippen LogP contribution in [0.4, 0.5) is 4.79 Å². The highest BCUT2D eigenvalue weighted by Crippen LogP contribution is 2.28. The lowest BCUT2D eigenvalue weighted by molar-refractivity contribution is 0.0211. The van der Waals surface area contributed by atoms with E-state index < -0.39 is 17.1 Å². The van der Waals surface area contributed by atoms with E-state index in [2.05, 4.69) is 4.98 Å². The van der Waals surface area contributed by atoms with Crippen molar-refractivity contribution in [2.75, 3.05) is 13.2 Å². The van der Waals surface area contributed by atoms with Crippen molar-refractivity contribution in [1.82, 2.24) is 14.5 Å². The van der Waals surface area contributed by atoms with Crippen molar-refractivity contribution in [3.8, 4) is 0 Å². The number of hydrogen-bond donors (Lipinski definition) is 0. The zero-order valence-corrected chi connectivity index (χ0v) is 18.9. The van der Waals surface area contributed by atoms with Crippen LogP contribution < -0.4 is 5.56 Å². The third-order valence-electron chi connectivity index (χ3n) is 5.32. The first-order valence-corrected chi connectivity index (χ1v) is 10.8. The van der Waals surface area contributed by atoms with Crippen LogP contribution in [0.15, 0.2) is 29.1 Å². The highest BCUT2D eigenvalue weighted by molar-refractivity contribution is 5.89. The fraction of sp³-hybridized carbons (Fsp3) is 0.565. The van der Waals surface area contributed by atoms with Crippen LogP contribution in [0.1, 0.15) is 70.4 Å². The number of amides is 1. The van der Waals surface area contributed by atoms with Gasteiger partial charge in [0.2, 0.25) is 5.69 Å². The summed E-state index contributed by atoms with van der Waals surface area (Å²) in [4.78, 5) is 44.2. The quantitative estimate of drug-likeness (QED) is 0.669. The number of likely N-dealkylation sites (tertiary alicyclic amines) is 1. The van der Waals surface area contributed by atoms with Gasteiger partial charge in [-0.2, -0.15) is 0 Å². The predicted octanol–water partition coefficient (Wildman–Crippen LogP) is 3.92.